The number of hydrogen-bond donors (Lipinski definition) is 1. The molecule has 2 heterocycles. The molecule has 23 heavy (non-hydrogen) atoms. The lowest BCUT2D eigenvalue weighted by Crippen LogP contribution is -2.30. The molecule has 3 rings (SSSR count). The first kappa shape index (κ1) is 16.1. The molecule has 0 aliphatic carbocycles. The fourth-order valence-corrected chi connectivity index (χ4v) is 3.71. The van der Waals surface area contributed by atoms with E-state index in [4.69, 9.17) is 5.11 Å². The number of rotatable bonds is 5. The Hall–Kier alpha value is -1.72. The van der Waals surface area contributed by atoms with Crippen LogP contribution in [0.5, 0.6) is 0 Å². The van der Waals surface area contributed by atoms with Gasteiger partial charge in [-0.2, -0.15) is 0 Å². The third-order valence-electron chi connectivity index (χ3n) is 4.37. The van der Waals surface area contributed by atoms with Crippen LogP contribution in [0.4, 0.5) is 0 Å². The van der Waals surface area contributed by atoms with Crippen LogP contribution in [-0.4, -0.2) is 34.0 Å². The van der Waals surface area contributed by atoms with Crippen LogP contribution < -0.4 is 0 Å². The van der Waals surface area contributed by atoms with E-state index in [1.54, 1.807) is 11.3 Å². The van der Waals surface area contributed by atoms with Crippen molar-refractivity contribution in [2.75, 3.05) is 13.1 Å². The molecule has 1 fully saturated rings. The predicted octanol–water partition coefficient (Wildman–Crippen LogP) is 2.58. The molecule has 1 aromatic carbocycles. The molecule has 0 unspecified atom stereocenters. The average molecular weight is 330 g/mol. The monoisotopic (exact) mass is 330 g/mol. The molecule has 4 nitrogen and oxygen atoms in total. The van der Waals surface area contributed by atoms with Crippen molar-refractivity contribution in [2.24, 2.45) is 5.92 Å². The minimum atomic E-state index is 0.0854. The number of hydrogen-bond acceptors (Lipinski definition) is 4. The van der Waals surface area contributed by atoms with Gasteiger partial charge in [-0.05, 0) is 36.8 Å². The molecule has 1 amide bonds. The lowest BCUT2D eigenvalue weighted by atomic mass is 9.98. The Balaban J connectivity index is 1.52. The van der Waals surface area contributed by atoms with Gasteiger partial charge in [0.05, 0.1) is 23.7 Å². The second-order valence-corrected chi connectivity index (χ2v) is 7.27. The van der Waals surface area contributed by atoms with Crippen molar-refractivity contribution in [1.82, 2.24) is 9.88 Å². The van der Waals surface area contributed by atoms with Crippen molar-refractivity contribution >= 4 is 17.2 Å². The SMILES string of the molecule is Cc1nc(CC(=O)N2CC[C@@H](Cc3ccc(CO)cc3)C2)cs1. The second kappa shape index (κ2) is 7.23. The lowest BCUT2D eigenvalue weighted by molar-refractivity contribution is -0.129. The number of carbonyl (C=O) groups is 1. The molecule has 1 atom stereocenters. The van der Waals surface area contributed by atoms with E-state index in [0.717, 1.165) is 42.2 Å². The number of aliphatic hydroxyl groups excluding tert-OH is 1. The van der Waals surface area contributed by atoms with Gasteiger partial charge in [-0.15, -0.1) is 11.3 Å². The number of aryl methyl sites for hydroxylation is 1. The fraction of sp³-hybridized carbons (Fsp3) is 0.444. The molecule has 1 N–H and O–H groups in total. The molecule has 0 radical (unpaired) electrons. The van der Waals surface area contributed by atoms with Crippen LogP contribution in [0.1, 0.15) is 28.2 Å². The Morgan fingerprint density at radius 3 is 2.74 bits per heavy atom. The van der Waals surface area contributed by atoms with E-state index < -0.39 is 0 Å². The summed E-state index contributed by atoms with van der Waals surface area (Å²) in [6.07, 6.45) is 2.47. The quantitative estimate of drug-likeness (QED) is 0.917. The molecule has 1 aliphatic rings. The van der Waals surface area contributed by atoms with Crippen LogP contribution >= 0.6 is 11.3 Å². The predicted molar refractivity (Wildman–Crippen MR) is 91.3 cm³/mol. The zero-order valence-electron chi connectivity index (χ0n) is 13.4. The van der Waals surface area contributed by atoms with Gasteiger partial charge >= 0.3 is 0 Å². The number of thiazole rings is 1. The van der Waals surface area contributed by atoms with Crippen molar-refractivity contribution in [2.45, 2.75) is 32.8 Å². The molecule has 2 aromatic rings. The van der Waals surface area contributed by atoms with E-state index in [2.05, 4.69) is 17.1 Å². The van der Waals surface area contributed by atoms with Crippen LogP contribution in [0.15, 0.2) is 29.6 Å². The Bertz CT molecular complexity index is 666. The van der Waals surface area contributed by atoms with E-state index in [9.17, 15) is 4.79 Å². The van der Waals surface area contributed by atoms with Crippen molar-refractivity contribution in [1.29, 1.82) is 0 Å². The van der Waals surface area contributed by atoms with Gasteiger partial charge in [0.1, 0.15) is 0 Å². The van der Waals surface area contributed by atoms with Gasteiger partial charge in [-0.25, -0.2) is 4.98 Å². The third-order valence-corrected chi connectivity index (χ3v) is 5.19. The van der Waals surface area contributed by atoms with Crippen LogP contribution in [0.2, 0.25) is 0 Å². The van der Waals surface area contributed by atoms with Gasteiger partial charge in [0.15, 0.2) is 0 Å². The van der Waals surface area contributed by atoms with Crippen molar-refractivity contribution in [3.8, 4) is 0 Å². The van der Waals surface area contributed by atoms with Crippen molar-refractivity contribution in [3.05, 3.63) is 51.5 Å². The average Bonchev–Trinajstić information content (AvgIpc) is 3.17. The Kier molecular flexibility index (Phi) is 5.08. The number of amides is 1. The van der Waals surface area contributed by atoms with E-state index in [0.29, 0.717) is 12.3 Å². The van der Waals surface area contributed by atoms with E-state index in [1.807, 2.05) is 29.3 Å². The van der Waals surface area contributed by atoms with Gasteiger partial charge in [-0.3, -0.25) is 4.79 Å². The van der Waals surface area contributed by atoms with E-state index in [1.165, 1.54) is 5.56 Å². The number of aromatic nitrogens is 1. The summed E-state index contributed by atoms with van der Waals surface area (Å²) in [6.45, 7) is 3.74. The Morgan fingerprint density at radius 1 is 1.35 bits per heavy atom. The lowest BCUT2D eigenvalue weighted by Gasteiger charge is -2.16. The number of carbonyl (C=O) groups excluding carboxylic acids is 1. The molecule has 1 saturated heterocycles. The summed E-state index contributed by atoms with van der Waals surface area (Å²) in [6, 6.07) is 8.09. The summed E-state index contributed by atoms with van der Waals surface area (Å²) in [5.41, 5.74) is 3.10. The number of likely N-dealkylation sites (tertiary alicyclic amines) is 1. The summed E-state index contributed by atoms with van der Waals surface area (Å²) in [7, 11) is 0. The summed E-state index contributed by atoms with van der Waals surface area (Å²) in [4.78, 5) is 18.7. The molecule has 0 saturated carbocycles. The zero-order valence-corrected chi connectivity index (χ0v) is 14.2. The first-order valence-electron chi connectivity index (χ1n) is 8.01. The minimum absolute atomic E-state index is 0.0854. The third kappa shape index (κ3) is 4.18. The van der Waals surface area contributed by atoms with E-state index >= 15 is 0 Å². The van der Waals surface area contributed by atoms with Crippen molar-refractivity contribution < 1.29 is 9.90 Å². The van der Waals surface area contributed by atoms with Gasteiger partial charge in [0.2, 0.25) is 5.91 Å². The van der Waals surface area contributed by atoms with Gasteiger partial charge in [0.25, 0.3) is 0 Å². The van der Waals surface area contributed by atoms with Crippen LogP contribution in [0, 0.1) is 12.8 Å². The number of benzene rings is 1. The maximum absolute atomic E-state index is 12.4. The molecule has 1 aromatic heterocycles. The Labute approximate surface area is 140 Å². The highest BCUT2D eigenvalue weighted by Gasteiger charge is 2.26. The van der Waals surface area contributed by atoms with Gasteiger partial charge in [0, 0.05) is 18.5 Å². The summed E-state index contributed by atoms with van der Waals surface area (Å²) < 4.78 is 0. The Morgan fingerprint density at radius 2 is 2.09 bits per heavy atom. The highest BCUT2D eigenvalue weighted by atomic mass is 32.1. The van der Waals surface area contributed by atoms with Crippen LogP contribution in [0.25, 0.3) is 0 Å². The fourth-order valence-electron chi connectivity index (χ4n) is 3.10. The normalized spacial score (nSPS) is 17.7. The molecule has 0 spiro atoms. The molecule has 122 valence electrons. The standard InChI is InChI=1S/C18H22N2O2S/c1-13-19-17(12-23-13)9-18(22)20-7-6-16(10-20)8-14-2-4-15(11-21)5-3-14/h2-5,12,16,21H,6-11H2,1H3/t16-/m0/s1. The number of aliphatic hydroxyl groups is 1. The molecule has 0 bridgehead atoms. The first-order valence-corrected chi connectivity index (χ1v) is 8.89. The topological polar surface area (TPSA) is 53.4 Å². The second-order valence-electron chi connectivity index (χ2n) is 6.21. The highest BCUT2D eigenvalue weighted by molar-refractivity contribution is 7.09. The molecule has 5 heteroatoms. The summed E-state index contributed by atoms with van der Waals surface area (Å²) >= 11 is 1.59. The minimum Gasteiger partial charge on any atom is -0.392 e. The van der Waals surface area contributed by atoms with Crippen LogP contribution in [0.3, 0.4) is 0 Å². The highest BCUT2D eigenvalue weighted by Crippen LogP contribution is 2.22. The van der Waals surface area contributed by atoms with Gasteiger partial charge in [-0.1, -0.05) is 24.3 Å². The van der Waals surface area contributed by atoms with Crippen molar-refractivity contribution in [3.63, 3.8) is 0 Å². The molecule has 1 aliphatic heterocycles. The van der Waals surface area contributed by atoms with Crippen LogP contribution in [-0.2, 0) is 24.2 Å². The smallest absolute Gasteiger partial charge is 0.228 e. The van der Waals surface area contributed by atoms with Gasteiger partial charge < -0.3 is 10.0 Å². The largest absolute Gasteiger partial charge is 0.392 e. The summed E-state index contributed by atoms with van der Waals surface area (Å²) in [5, 5.41) is 12.1. The van der Waals surface area contributed by atoms with E-state index in [-0.39, 0.29) is 12.5 Å². The first-order chi connectivity index (χ1) is 11.1. The number of nitrogens with zero attached hydrogens (tertiary/aromatic N) is 2. The maximum atomic E-state index is 12.4. The zero-order chi connectivity index (χ0) is 16.2. The molecular formula is C18H22N2O2S. The molecular weight excluding hydrogens is 308 g/mol. The maximum Gasteiger partial charge on any atom is 0.228 e. The summed E-state index contributed by atoms with van der Waals surface area (Å²) in [5.74, 6) is 0.713.